The van der Waals surface area contributed by atoms with Gasteiger partial charge in [0.15, 0.2) is 0 Å². The zero-order valence-electron chi connectivity index (χ0n) is 9.36. The Morgan fingerprint density at radius 1 is 1.31 bits per heavy atom. The van der Waals surface area contributed by atoms with E-state index in [2.05, 4.69) is 20.6 Å². The monoisotopic (exact) mass is 225 g/mol. The maximum Gasteiger partial charge on any atom is 0.353 e. The predicted molar refractivity (Wildman–Crippen MR) is 61.6 cm³/mol. The molecule has 1 heterocycles. The predicted octanol–water partition coefficient (Wildman–Crippen LogP) is 1.64. The van der Waals surface area contributed by atoms with Gasteiger partial charge in [-0.05, 0) is 13.3 Å². The van der Waals surface area contributed by atoms with Crippen molar-refractivity contribution >= 4 is 17.3 Å². The standard InChI is InChI=1S/C9H15N5O2/c1-3-5-11-9-7(14(15)16)8(10-4-2)12-6-13-9/h6H,3-5H2,1-2H3,(H2,10,11,12,13). The highest BCUT2D eigenvalue weighted by Crippen LogP contribution is 2.28. The lowest BCUT2D eigenvalue weighted by Crippen LogP contribution is -2.10. The van der Waals surface area contributed by atoms with Crippen LogP contribution in [0.3, 0.4) is 0 Å². The van der Waals surface area contributed by atoms with E-state index in [0.29, 0.717) is 13.1 Å². The van der Waals surface area contributed by atoms with Crippen molar-refractivity contribution in [2.24, 2.45) is 0 Å². The fraction of sp³-hybridized carbons (Fsp3) is 0.556. The maximum absolute atomic E-state index is 10.9. The summed E-state index contributed by atoms with van der Waals surface area (Å²) < 4.78 is 0. The van der Waals surface area contributed by atoms with Crippen molar-refractivity contribution in [2.75, 3.05) is 23.7 Å². The number of hydrogen-bond acceptors (Lipinski definition) is 6. The van der Waals surface area contributed by atoms with Crippen LogP contribution in [0.25, 0.3) is 0 Å². The topological polar surface area (TPSA) is 93.0 Å². The van der Waals surface area contributed by atoms with Crippen LogP contribution in [-0.2, 0) is 0 Å². The Labute approximate surface area is 93.4 Å². The van der Waals surface area contributed by atoms with E-state index in [1.807, 2.05) is 13.8 Å². The van der Waals surface area contributed by atoms with Crippen molar-refractivity contribution in [1.82, 2.24) is 9.97 Å². The van der Waals surface area contributed by atoms with Gasteiger partial charge < -0.3 is 10.6 Å². The molecule has 0 aliphatic rings. The molecule has 88 valence electrons. The zero-order chi connectivity index (χ0) is 12.0. The average Bonchev–Trinajstić information content (AvgIpc) is 2.26. The third-order valence-corrected chi connectivity index (χ3v) is 1.89. The van der Waals surface area contributed by atoms with Crippen molar-refractivity contribution in [3.63, 3.8) is 0 Å². The molecule has 2 N–H and O–H groups in total. The Morgan fingerprint density at radius 3 is 2.44 bits per heavy atom. The van der Waals surface area contributed by atoms with Crippen LogP contribution in [0.5, 0.6) is 0 Å². The van der Waals surface area contributed by atoms with Crippen molar-refractivity contribution in [1.29, 1.82) is 0 Å². The van der Waals surface area contributed by atoms with Crippen LogP contribution in [0.1, 0.15) is 20.3 Å². The minimum absolute atomic E-state index is 0.0993. The minimum Gasteiger partial charge on any atom is -0.364 e. The minimum atomic E-state index is -0.476. The van der Waals surface area contributed by atoms with Crippen molar-refractivity contribution in [3.8, 4) is 0 Å². The second-order valence-corrected chi connectivity index (χ2v) is 3.13. The molecule has 0 spiro atoms. The number of hydrogen-bond donors (Lipinski definition) is 2. The summed E-state index contributed by atoms with van der Waals surface area (Å²) in [6, 6.07) is 0. The van der Waals surface area contributed by atoms with Gasteiger partial charge in [0.25, 0.3) is 0 Å². The molecule has 7 heteroatoms. The first-order valence-corrected chi connectivity index (χ1v) is 5.17. The van der Waals surface area contributed by atoms with Gasteiger partial charge >= 0.3 is 5.69 Å². The molecule has 0 saturated carbocycles. The van der Waals surface area contributed by atoms with E-state index < -0.39 is 4.92 Å². The van der Waals surface area contributed by atoms with E-state index in [0.717, 1.165) is 6.42 Å². The van der Waals surface area contributed by atoms with E-state index in [-0.39, 0.29) is 17.3 Å². The van der Waals surface area contributed by atoms with Gasteiger partial charge in [0.1, 0.15) is 6.33 Å². The quantitative estimate of drug-likeness (QED) is 0.564. The van der Waals surface area contributed by atoms with E-state index in [1.165, 1.54) is 6.33 Å². The highest BCUT2D eigenvalue weighted by Gasteiger charge is 2.21. The third-order valence-electron chi connectivity index (χ3n) is 1.89. The van der Waals surface area contributed by atoms with Crippen LogP contribution >= 0.6 is 0 Å². The summed E-state index contributed by atoms with van der Waals surface area (Å²) in [5.41, 5.74) is -0.0993. The lowest BCUT2D eigenvalue weighted by atomic mass is 10.4. The lowest BCUT2D eigenvalue weighted by Gasteiger charge is -2.07. The molecule has 7 nitrogen and oxygen atoms in total. The van der Waals surface area contributed by atoms with Crippen LogP contribution in [0, 0.1) is 10.1 Å². The van der Waals surface area contributed by atoms with Gasteiger partial charge in [0, 0.05) is 13.1 Å². The van der Waals surface area contributed by atoms with Gasteiger partial charge in [-0.25, -0.2) is 9.97 Å². The lowest BCUT2D eigenvalue weighted by molar-refractivity contribution is -0.383. The smallest absolute Gasteiger partial charge is 0.353 e. The number of nitrogens with zero attached hydrogens (tertiary/aromatic N) is 3. The number of anilines is 2. The molecule has 16 heavy (non-hydrogen) atoms. The third kappa shape index (κ3) is 2.78. The van der Waals surface area contributed by atoms with E-state index in [9.17, 15) is 10.1 Å². The largest absolute Gasteiger partial charge is 0.364 e. The van der Waals surface area contributed by atoms with Crippen molar-refractivity contribution < 1.29 is 4.92 Å². The molecule has 0 bridgehead atoms. The van der Waals surface area contributed by atoms with Crippen LogP contribution < -0.4 is 10.6 Å². The molecule has 0 amide bonds. The fourth-order valence-electron chi connectivity index (χ4n) is 1.22. The highest BCUT2D eigenvalue weighted by molar-refractivity contribution is 5.69. The number of nitro groups is 1. The van der Waals surface area contributed by atoms with E-state index in [4.69, 9.17) is 0 Å². The summed E-state index contributed by atoms with van der Waals surface area (Å²) in [5.74, 6) is 0.513. The van der Waals surface area contributed by atoms with Gasteiger partial charge in [0.05, 0.1) is 4.92 Å². The second kappa shape index (κ2) is 5.84. The molecule has 1 rings (SSSR count). The Bertz CT molecular complexity index is 369. The summed E-state index contributed by atoms with van der Waals surface area (Å²) in [7, 11) is 0. The van der Waals surface area contributed by atoms with Gasteiger partial charge in [-0.15, -0.1) is 0 Å². The molecular weight excluding hydrogens is 210 g/mol. The second-order valence-electron chi connectivity index (χ2n) is 3.13. The number of aromatic nitrogens is 2. The van der Waals surface area contributed by atoms with E-state index in [1.54, 1.807) is 0 Å². The van der Waals surface area contributed by atoms with Crippen molar-refractivity contribution in [2.45, 2.75) is 20.3 Å². The first kappa shape index (κ1) is 12.2. The molecule has 0 saturated heterocycles. The molecule has 0 aromatic carbocycles. The molecule has 0 atom stereocenters. The maximum atomic E-state index is 10.9. The summed E-state index contributed by atoms with van der Waals surface area (Å²) in [6.07, 6.45) is 2.18. The first-order valence-electron chi connectivity index (χ1n) is 5.17. The summed E-state index contributed by atoms with van der Waals surface area (Å²) in [4.78, 5) is 18.2. The molecule has 0 fully saturated rings. The molecule has 0 aliphatic carbocycles. The molecule has 0 radical (unpaired) electrons. The van der Waals surface area contributed by atoms with Gasteiger partial charge in [-0.1, -0.05) is 6.92 Å². The normalized spacial score (nSPS) is 9.88. The zero-order valence-corrected chi connectivity index (χ0v) is 9.36. The SMILES string of the molecule is CCCNc1ncnc(NCC)c1[N+](=O)[O-]. The summed E-state index contributed by atoms with van der Waals surface area (Å²) >= 11 is 0. The van der Waals surface area contributed by atoms with E-state index >= 15 is 0 Å². The average molecular weight is 225 g/mol. The molecule has 1 aromatic heterocycles. The first-order chi connectivity index (χ1) is 7.70. The van der Waals surface area contributed by atoms with Crippen LogP contribution in [0.4, 0.5) is 17.3 Å². The van der Waals surface area contributed by atoms with Crippen LogP contribution in [0.2, 0.25) is 0 Å². The Kier molecular flexibility index (Phi) is 4.43. The van der Waals surface area contributed by atoms with Crippen LogP contribution in [0.15, 0.2) is 6.33 Å². The number of nitrogens with one attached hydrogen (secondary N) is 2. The van der Waals surface area contributed by atoms with Gasteiger partial charge in [-0.2, -0.15) is 0 Å². The highest BCUT2D eigenvalue weighted by atomic mass is 16.6. The summed E-state index contributed by atoms with van der Waals surface area (Å²) in [6.45, 7) is 5.05. The Balaban J connectivity index is 3.05. The molecule has 1 aromatic rings. The van der Waals surface area contributed by atoms with Gasteiger partial charge in [-0.3, -0.25) is 10.1 Å². The summed E-state index contributed by atoms with van der Waals surface area (Å²) in [5, 5.41) is 16.7. The van der Waals surface area contributed by atoms with Gasteiger partial charge in [0.2, 0.25) is 11.6 Å². The fourth-order valence-corrected chi connectivity index (χ4v) is 1.22. The Morgan fingerprint density at radius 2 is 1.94 bits per heavy atom. The van der Waals surface area contributed by atoms with Crippen LogP contribution in [-0.4, -0.2) is 28.0 Å². The molecule has 0 unspecified atom stereocenters. The molecule has 0 aliphatic heterocycles. The Hall–Kier alpha value is -1.92. The molecular formula is C9H15N5O2. The van der Waals surface area contributed by atoms with Crippen molar-refractivity contribution in [3.05, 3.63) is 16.4 Å². The number of rotatable bonds is 6.